The average molecular weight is 324 g/mol. The highest BCUT2D eigenvalue weighted by Crippen LogP contribution is 2.24. The van der Waals surface area contributed by atoms with Crippen LogP contribution in [-0.2, 0) is 10.0 Å². The van der Waals surface area contributed by atoms with Gasteiger partial charge in [-0.2, -0.15) is 0 Å². The van der Waals surface area contributed by atoms with E-state index < -0.39 is 15.3 Å². The van der Waals surface area contributed by atoms with Gasteiger partial charge < -0.3 is 0 Å². The van der Waals surface area contributed by atoms with E-state index >= 15 is 0 Å². The van der Waals surface area contributed by atoms with E-state index in [0.717, 1.165) is 16.1 Å². The number of nitrogens with zero attached hydrogens (tertiary/aromatic N) is 1. The van der Waals surface area contributed by atoms with Crippen molar-refractivity contribution in [2.75, 3.05) is 6.54 Å². The molecule has 1 aromatic heterocycles. The van der Waals surface area contributed by atoms with Crippen LogP contribution in [-0.4, -0.2) is 25.2 Å². The Morgan fingerprint density at radius 2 is 1.86 bits per heavy atom. The van der Waals surface area contributed by atoms with E-state index in [2.05, 4.69) is 9.71 Å². The summed E-state index contributed by atoms with van der Waals surface area (Å²) in [4.78, 5) is 4.28. The topological polar surface area (TPSA) is 59.1 Å². The molecular weight excluding hydrogens is 304 g/mol. The summed E-state index contributed by atoms with van der Waals surface area (Å²) in [5, 5.41) is 2.54. The predicted octanol–water partition coefficient (Wildman–Crippen LogP) is 3.24. The Hall–Kier alpha value is -1.24. The molecule has 21 heavy (non-hydrogen) atoms. The van der Waals surface area contributed by atoms with Gasteiger partial charge in [0.1, 0.15) is 5.01 Å². The van der Waals surface area contributed by atoms with Gasteiger partial charge in [-0.15, -0.1) is 11.3 Å². The molecule has 2 aromatic rings. The monoisotopic (exact) mass is 324 g/mol. The van der Waals surface area contributed by atoms with Gasteiger partial charge in [-0.1, -0.05) is 31.2 Å². The van der Waals surface area contributed by atoms with E-state index in [4.69, 9.17) is 0 Å². The first-order valence-corrected chi connectivity index (χ1v) is 9.31. The van der Waals surface area contributed by atoms with Crippen LogP contribution in [0.1, 0.15) is 32.3 Å². The van der Waals surface area contributed by atoms with Crippen molar-refractivity contribution in [1.82, 2.24) is 9.71 Å². The molecule has 0 radical (unpaired) electrons. The van der Waals surface area contributed by atoms with Crippen molar-refractivity contribution in [3.63, 3.8) is 0 Å². The molecule has 0 saturated carbocycles. The van der Waals surface area contributed by atoms with Crippen LogP contribution in [0.4, 0.5) is 0 Å². The van der Waals surface area contributed by atoms with Crippen molar-refractivity contribution >= 4 is 21.4 Å². The highest BCUT2D eigenvalue weighted by molar-refractivity contribution is 7.90. The van der Waals surface area contributed by atoms with Crippen LogP contribution in [0.5, 0.6) is 0 Å². The number of thiazole rings is 1. The van der Waals surface area contributed by atoms with E-state index in [9.17, 15) is 8.42 Å². The number of rotatable bonds is 6. The molecule has 0 spiro atoms. The molecule has 0 bridgehead atoms. The van der Waals surface area contributed by atoms with Crippen LogP contribution in [0.3, 0.4) is 0 Å². The highest BCUT2D eigenvalue weighted by Gasteiger charge is 2.17. The number of hydrogen-bond acceptors (Lipinski definition) is 4. The van der Waals surface area contributed by atoms with Crippen molar-refractivity contribution in [2.24, 2.45) is 0 Å². The molecule has 114 valence electrons. The van der Waals surface area contributed by atoms with Crippen LogP contribution >= 0.6 is 11.3 Å². The lowest BCUT2D eigenvalue weighted by Gasteiger charge is -2.15. The Bertz CT molecular complexity index is 662. The molecular formula is C15H20N2O2S2. The van der Waals surface area contributed by atoms with Crippen molar-refractivity contribution < 1.29 is 8.42 Å². The molecule has 0 fully saturated rings. The summed E-state index contributed by atoms with van der Waals surface area (Å²) in [6.45, 7) is 5.78. The second-order valence-electron chi connectivity index (χ2n) is 5.30. The number of benzene rings is 1. The first-order valence-electron chi connectivity index (χ1n) is 6.88. The van der Waals surface area contributed by atoms with Gasteiger partial charge >= 0.3 is 0 Å². The lowest BCUT2D eigenvalue weighted by molar-refractivity contribution is 0.566. The third-order valence-electron chi connectivity index (χ3n) is 3.37. The van der Waals surface area contributed by atoms with Gasteiger partial charge in [-0.05, 0) is 25.3 Å². The molecule has 0 aliphatic heterocycles. The minimum Gasteiger partial charge on any atom is -0.245 e. The molecule has 4 nitrogen and oxygen atoms in total. The van der Waals surface area contributed by atoms with E-state index in [1.165, 1.54) is 0 Å². The first-order chi connectivity index (χ1) is 9.90. The molecule has 0 aliphatic rings. The summed E-state index contributed by atoms with van der Waals surface area (Å²) < 4.78 is 26.2. The molecule has 1 atom stereocenters. The average Bonchev–Trinajstić information content (AvgIpc) is 2.99. The van der Waals surface area contributed by atoms with Crippen molar-refractivity contribution in [3.8, 4) is 10.6 Å². The van der Waals surface area contributed by atoms with Crippen LogP contribution in [0, 0.1) is 0 Å². The summed E-state index contributed by atoms with van der Waals surface area (Å²) in [7, 11) is -3.20. The Balaban J connectivity index is 2.02. The van der Waals surface area contributed by atoms with Crippen molar-refractivity contribution in [2.45, 2.75) is 31.9 Å². The summed E-state index contributed by atoms with van der Waals surface area (Å²) in [6.07, 6.45) is 1.79. The molecule has 1 N–H and O–H groups in total. The highest BCUT2D eigenvalue weighted by atomic mass is 32.2. The number of sulfonamides is 1. The fourth-order valence-corrected chi connectivity index (χ4v) is 3.31. The molecule has 0 saturated heterocycles. The third kappa shape index (κ3) is 4.12. The molecule has 1 aromatic carbocycles. The van der Waals surface area contributed by atoms with E-state index in [1.54, 1.807) is 31.4 Å². The normalized spacial score (nSPS) is 13.5. The third-order valence-corrected chi connectivity index (χ3v) is 6.00. The Kier molecular flexibility index (Phi) is 5.13. The lowest BCUT2D eigenvalue weighted by atomic mass is 10.0. The maximum Gasteiger partial charge on any atom is 0.213 e. The van der Waals surface area contributed by atoms with E-state index in [1.807, 2.05) is 36.6 Å². The van der Waals surface area contributed by atoms with Gasteiger partial charge in [-0.25, -0.2) is 18.1 Å². The van der Waals surface area contributed by atoms with E-state index in [0.29, 0.717) is 6.54 Å². The lowest BCUT2D eigenvalue weighted by Crippen LogP contribution is -2.33. The van der Waals surface area contributed by atoms with Gasteiger partial charge in [-0.3, -0.25) is 0 Å². The zero-order valence-electron chi connectivity index (χ0n) is 12.4. The van der Waals surface area contributed by atoms with Crippen molar-refractivity contribution in [3.05, 3.63) is 41.4 Å². The van der Waals surface area contributed by atoms with Gasteiger partial charge in [0.05, 0.1) is 5.25 Å². The van der Waals surface area contributed by atoms with Gasteiger partial charge in [0, 0.05) is 23.7 Å². The molecule has 6 heteroatoms. The largest absolute Gasteiger partial charge is 0.245 e. The van der Waals surface area contributed by atoms with Crippen molar-refractivity contribution in [1.29, 1.82) is 0 Å². The SMILES string of the molecule is CC(CNS(=O)(=O)C(C)C)c1ccc(-c2nccs2)cc1. The van der Waals surface area contributed by atoms with Gasteiger partial charge in [0.25, 0.3) is 0 Å². The molecule has 0 amide bonds. The molecule has 1 unspecified atom stereocenters. The zero-order valence-corrected chi connectivity index (χ0v) is 14.0. The smallest absolute Gasteiger partial charge is 0.213 e. The summed E-state index contributed by atoms with van der Waals surface area (Å²) in [5.74, 6) is 0.129. The second kappa shape index (κ2) is 6.68. The van der Waals surface area contributed by atoms with Gasteiger partial charge in [0.2, 0.25) is 10.0 Å². The molecule has 1 heterocycles. The minimum atomic E-state index is -3.20. The number of hydrogen-bond donors (Lipinski definition) is 1. The van der Waals surface area contributed by atoms with Crippen LogP contribution in [0.15, 0.2) is 35.8 Å². The Morgan fingerprint density at radius 1 is 1.19 bits per heavy atom. The number of nitrogens with one attached hydrogen (secondary N) is 1. The summed E-state index contributed by atoms with van der Waals surface area (Å²) in [5.41, 5.74) is 2.20. The fourth-order valence-electron chi connectivity index (χ4n) is 1.85. The fraction of sp³-hybridized carbons (Fsp3) is 0.400. The quantitative estimate of drug-likeness (QED) is 0.887. The maximum absolute atomic E-state index is 11.8. The first kappa shape index (κ1) is 16.1. The van der Waals surface area contributed by atoms with Crippen LogP contribution in [0.25, 0.3) is 10.6 Å². The van der Waals surface area contributed by atoms with Crippen LogP contribution < -0.4 is 4.72 Å². The number of aromatic nitrogens is 1. The van der Waals surface area contributed by atoms with E-state index in [-0.39, 0.29) is 5.92 Å². The molecule has 0 aliphatic carbocycles. The standard InChI is InChI=1S/C15H20N2O2S2/c1-11(2)21(18,19)17-10-12(3)13-4-6-14(7-5-13)15-16-8-9-20-15/h4-9,11-12,17H,10H2,1-3H3. The predicted molar refractivity (Wildman–Crippen MR) is 88.0 cm³/mol. The summed E-state index contributed by atoms with van der Waals surface area (Å²) >= 11 is 1.60. The second-order valence-corrected chi connectivity index (χ2v) is 8.52. The zero-order chi connectivity index (χ0) is 15.5. The Labute approximate surface area is 130 Å². The van der Waals surface area contributed by atoms with Gasteiger partial charge in [0.15, 0.2) is 0 Å². The Morgan fingerprint density at radius 3 is 2.38 bits per heavy atom. The summed E-state index contributed by atoms with van der Waals surface area (Å²) in [6, 6.07) is 8.12. The minimum absolute atomic E-state index is 0.129. The maximum atomic E-state index is 11.8. The molecule has 2 rings (SSSR count). The van der Waals surface area contributed by atoms with Crippen LogP contribution in [0.2, 0.25) is 0 Å².